The molecule has 0 aromatic carbocycles. The monoisotopic (exact) mass is 793 g/mol. The molecule has 0 fully saturated rings. The topological polar surface area (TPSA) is 200 Å². The average Bonchev–Trinajstić information content (AvgIpc) is 0. The van der Waals surface area contributed by atoms with Gasteiger partial charge in [0, 0.05) is 0 Å². The minimum absolute atomic E-state index is 0. The second kappa shape index (κ2) is 131. The molecule has 13 heteroatoms. The zero-order valence-electron chi connectivity index (χ0n) is 5.87. The van der Waals surface area contributed by atoms with Crippen LogP contribution < -0.4 is 0 Å². The third-order valence-electron chi connectivity index (χ3n) is 0. The van der Waals surface area contributed by atoms with Crippen molar-refractivity contribution in [1.29, 1.82) is 0 Å². The van der Waals surface area contributed by atoms with E-state index in [9.17, 15) is 0 Å². The molecule has 0 amide bonds. The molecule has 0 heterocycles. The summed E-state index contributed by atoms with van der Waals surface area (Å²) in [5, 5.41) is 0. The van der Waals surface area contributed by atoms with Gasteiger partial charge in [0.1, 0.15) is 0 Å². The maximum absolute atomic E-state index is 0. The molecule has 0 spiro atoms. The van der Waals surface area contributed by atoms with Gasteiger partial charge in [-0.1, -0.05) is 0 Å². The van der Waals surface area contributed by atoms with Crippen molar-refractivity contribution in [2.24, 2.45) is 0 Å². The minimum Gasteiger partial charge on any atom is -2.00 e. The van der Waals surface area contributed by atoms with Crippen molar-refractivity contribution in [3.05, 3.63) is 0 Å². The average molecular weight is 794 g/mol. The van der Waals surface area contributed by atoms with E-state index in [1.54, 1.807) is 0 Å². The van der Waals surface area contributed by atoms with Crippen LogP contribution in [0, 0.1) is 83.5 Å². The summed E-state index contributed by atoms with van der Waals surface area (Å²) in [4.78, 5) is 0. The fourth-order valence-electron chi connectivity index (χ4n) is 0. The smallest absolute Gasteiger partial charge is 2.00 e. The van der Waals surface area contributed by atoms with E-state index in [1.165, 1.54) is 0 Å². The van der Waals surface area contributed by atoms with Gasteiger partial charge in [0.15, 0.2) is 0 Å². The van der Waals surface area contributed by atoms with Gasteiger partial charge in [-0.15, -0.1) is 0 Å². The van der Waals surface area contributed by atoms with Crippen molar-refractivity contribution < 1.29 is 156 Å². The molecule has 0 unspecified atom stereocenters. The molecule has 0 rings (SSSR count). The van der Waals surface area contributed by atoms with Crippen LogP contribution in [-0.4, -0.2) is 97.8 Å². The molecule has 7 nitrogen and oxygen atoms in total. The van der Waals surface area contributed by atoms with Crippen molar-refractivity contribution >= 4 is 97.8 Å². The summed E-state index contributed by atoms with van der Waals surface area (Å²) in [6.45, 7) is 0. The van der Waals surface area contributed by atoms with Gasteiger partial charge in [-0.2, -0.15) is 0 Å². The van der Waals surface area contributed by atoms with Gasteiger partial charge in [0.05, 0.1) is 0 Å². The van der Waals surface area contributed by atoms with E-state index in [4.69, 9.17) is 0 Å². The summed E-state index contributed by atoms with van der Waals surface area (Å²) in [5.74, 6) is 0. The van der Waals surface area contributed by atoms with Gasteiger partial charge in [-0.25, -0.2) is 0 Å². The van der Waals surface area contributed by atoms with E-state index in [0.29, 0.717) is 0 Å². The molecule has 0 aromatic rings. The molecule has 0 aromatic heterocycles. The van der Waals surface area contributed by atoms with E-state index in [2.05, 4.69) is 0 Å². The van der Waals surface area contributed by atoms with E-state index >= 15 is 0 Å². The largest absolute Gasteiger partial charge is 3.00 e. The van der Waals surface area contributed by atoms with Crippen molar-refractivity contribution in [2.45, 2.75) is 0 Å². The second-order valence-corrected chi connectivity index (χ2v) is 0. The quantitative estimate of drug-likeness (QED) is 0.255. The Balaban J connectivity index is 0. The number of rotatable bonds is 0. The van der Waals surface area contributed by atoms with Crippen LogP contribution in [0.15, 0.2) is 0 Å². The first-order valence-electron chi connectivity index (χ1n) is 0. The van der Waals surface area contributed by atoms with Gasteiger partial charge in [-0.05, 0) is 0 Å². The Kier molecular flexibility index (Phi) is 1560. The van der Waals surface area contributed by atoms with Crippen LogP contribution >= 0.6 is 0 Å². The van der Waals surface area contributed by atoms with Gasteiger partial charge in [-0.3, -0.25) is 0 Å². The number of hydrogen-bond donors (Lipinski definition) is 0. The van der Waals surface area contributed by atoms with Crippen LogP contribution in [0.25, 0.3) is 0 Å². The summed E-state index contributed by atoms with van der Waals surface area (Å²) in [5.41, 5.74) is 0. The van der Waals surface area contributed by atoms with Crippen LogP contribution in [0.4, 0.5) is 0 Å². The van der Waals surface area contributed by atoms with Crippen LogP contribution in [0.1, 0.15) is 0 Å². The predicted molar refractivity (Wildman–Crippen MR) is 16.3 cm³/mol. The van der Waals surface area contributed by atoms with Crippen molar-refractivity contribution in [3.8, 4) is 0 Å². The fourth-order valence-corrected chi connectivity index (χ4v) is 0. The Bertz CT molecular complexity index is 22.5. The molecular weight excluding hydrogens is 794 g/mol. The molecule has 0 aliphatic heterocycles. The Hall–Kier alpha value is 6.66. The van der Waals surface area contributed by atoms with Gasteiger partial charge in [0.25, 0.3) is 0 Å². The summed E-state index contributed by atoms with van der Waals surface area (Å²) in [7, 11) is 0. The number of hydrogen-bond acceptors (Lipinski definition) is 0. The summed E-state index contributed by atoms with van der Waals surface area (Å²) < 4.78 is 0. The zero-order valence-corrected chi connectivity index (χ0v) is 22.9. The van der Waals surface area contributed by atoms with Crippen molar-refractivity contribution in [2.75, 3.05) is 0 Å². The third kappa shape index (κ3) is 117. The van der Waals surface area contributed by atoms with E-state index in [0.717, 1.165) is 0 Å². The zero-order chi connectivity index (χ0) is 0. The Labute approximate surface area is 246 Å². The first kappa shape index (κ1) is 154. The van der Waals surface area contributed by atoms with Crippen molar-refractivity contribution in [1.82, 2.24) is 0 Å². The van der Waals surface area contributed by atoms with Gasteiger partial charge in [0.2, 0.25) is 0 Å². The molecule has 0 saturated heterocycles. The Morgan fingerprint density at radius 2 is 0.308 bits per heavy atom. The molecule has 0 atom stereocenters. The maximum Gasteiger partial charge on any atom is 3.00 e. The molecule has 13 heavy (non-hydrogen) atoms. The standard InChI is InChI=1S/2Ba.2Ce.2Cu.7O/q2*+2;2*+3;2*+2;7*-2. The summed E-state index contributed by atoms with van der Waals surface area (Å²) >= 11 is 0. The molecule has 76 valence electrons. The molecule has 0 saturated carbocycles. The Morgan fingerprint density at radius 1 is 0.308 bits per heavy atom. The van der Waals surface area contributed by atoms with Gasteiger partial charge < -0.3 is 38.3 Å². The molecule has 0 bridgehead atoms. The molecule has 4 radical (unpaired) electrons. The second-order valence-electron chi connectivity index (χ2n) is 0. The van der Waals surface area contributed by atoms with E-state index in [-0.39, 0.29) is 254 Å². The third-order valence-corrected chi connectivity index (χ3v) is 0. The summed E-state index contributed by atoms with van der Waals surface area (Å²) in [6, 6.07) is 0. The molecular formula is Ba2Ce2Cu2O7. The van der Waals surface area contributed by atoms with Crippen LogP contribution in [0.2, 0.25) is 0 Å². The first-order chi connectivity index (χ1) is 0. The molecule has 0 aliphatic rings. The van der Waals surface area contributed by atoms with Crippen LogP contribution in [0.5, 0.6) is 0 Å². The first-order valence-corrected chi connectivity index (χ1v) is 0. The van der Waals surface area contributed by atoms with E-state index in [1.807, 2.05) is 0 Å². The van der Waals surface area contributed by atoms with E-state index < -0.39 is 0 Å². The predicted octanol–water partition coefficient (Wildman–Crippen LogP) is -1.60. The van der Waals surface area contributed by atoms with Gasteiger partial charge >= 0.3 is 215 Å². The Morgan fingerprint density at radius 3 is 0.308 bits per heavy atom. The van der Waals surface area contributed by atoms with Crippen molar-refractivity contribution in [3.63, 3.8) is 0 Å². The normalized spacial score (nSPS) is 0. The SMILES string of the molecule is [Ba+2].[Ba+2].[Ce+3].[Ce+3].[Cu+2].[Cu+2].[O-2].[O-2].[O-2].[O-2].[O-2].[O-2].[O-2]. The van der Waals surface area contributed by atoms with Crippen LogP contribution in [0.3, 0.4) is 0 Å². The molecule has 0 N–H and O–H groups in total. The van der Waals surface area contributed by atoms with Crippen LogP contribution in [-0.2, 0) is 72.5 Å². The maximum atomic E-state index is 0. The fraction of sp³-hybridized carbons (Fsp3) is 0. The summed E-state index contributed by atoms with van der Waals surface area (Å²) in [6.07, 6.45) is 0. The molecule has 0 aliphatic carbocycles. The minimum atomic E-state index is 0.